The van der Waals surface area contributed by atoms with Gasteiger partial charge in [0.15, 0.2) is 0 Å². The second-order valence-electron chi connectivity index (χ2n) is 12.8. The predicted molar refractivity (Wildman–Crippen MR) is 214 cm³/mol. The number of hydrogen-bond acceptors (Lipinski definition) is 4. The molecule has 4 nitrogen and oxygen atoms in total. The summed E-state index contributed by atoms with van der Waals surface area (Å²) >= 11 is 0. The zero-order valence-corrected chi connectivity index (χ0v) is 28.3. The minimum Gasteiger partial charge on any atom is -0.264 e. The topological polar surface area (TPSA) is 50.5 Å². The van der Waals surface area contributed by atoms with Crippen LogP contribution in [-0.2, 0) is 0 Å². The molecule has 0 saturated heterocycles. The van der Waals surface area contributed by atoms with Crippen molar-refractivity contribution in [3.05, 3.63) is 217 Å². The maximum Gasteiger partial charge on any atom is 0.0819 e. The molecule has 0 bridgehead atoms. The first-order valence-corrected chi connectivity index (χ1v) is 17.4. The van der Waals surface area contributed by atoms with Crippen molar-refractivity contribution in [1.29, 1.82) is 0 Å². The highest BCUT2D eigenvalue weighted by atomic mass is 14.9. The molecule has 52 heavy (non-hydrogen) atoms. The lowest BCUT2D eigenvalue weighted by atomic mass is 9.93. The Labute approximate surface area is 303 Å². The average Bonchev–Trinajstić information content (AvgIpc) is 3.22. The Morgan fingerprint density at radius 1 is 0.269 bits per heavy atom. The van der Waals surface area contributed by atoms with Crippen LogP contribution in [0.25, 0.3) is 44.5 Å². The Bertz CT molecular complexity index is 2440. The Morgan fingerprint density at radius 2 is 0.577 bits per heavy atom. The van der Waals surface area contributed by atoms with E-state index >= 15 is 0 Å². The van der Waals surface area contributed by atoms with Crippen LogP contribution in [0.15, 0.2) is 205 Å². The Balaban J connectivity index is 1.14. The molecular formula is C48H32N4. The van der Waals surface area contributed by atoms with Gasteiger partial charge in [-0.05, 0) is 80.9 Å². The highest BCUT2D eigenvalue weighted by molar-refractivity contribution is 6.22. The third-order valence-corrected chi connectivity index (χ3v) is 9.45. The molecule has 9 rings (SSSR count). The number of aliphatic imine (C=N–C) groups is 2. The molecule has 4 heteroatoms. The van der Waals surface area contributed by atoms with Crippen LogP contribution in [0.2, 0.25) is 0 Å². The Hall–Kier alpha value is -7.04. The minimum atomic E-state index is 0.797. The van der Waals surface area contributed by atoms with E-state index in [1.165, 1.54) is 22.3 Å². The summed E-state index contributed by atoms with van der Waals surface area (Å²) < 4.78 is 0. The molecule has 0 fully saturated rings. The summed E-state index contributed by atoms with van der Waals surface area (Å²) in [6, 6.07) is 59.4. The van der Waals surface area contributed by atoms with Gasteiger partial charge in [0.05, 0.1) is 22.8 Å². The van der Waals surface area contributed by atoms with Gasteiger partial charge in [0.25, 0.3) is 0 Å². The van der Waals surface area contributed by atoms with Gasteiger partial charge in [0, 0.05) is 47.0 Å². The van der Waals surface area contributed by atoms with E-state index in [1.807, 2.05) is 36.7 Å². The van der Waals surface area contributed by atoms with Gasteiger partial charge in [0.2, 0.25) is 0 Å². The quantitative estimate of drug-likeness (QED) is 0.178. The smallest absolute Gasteiger partial charge is 0.0819 e. The lowest BCUT2D eigenvalue weighted by Crippen LogP contribution is -2.11. The fourth-order valence-electron chi connectivity index (χ4n) is 6.85. The fraction of sp³-hybridized carbons (Fsp3) is 0. The molecule has 3 heterocycles. The van der Waals surface area contributed by atoms with E-state index in [2.05, 4.69) is 156 Å². The van der Waals surface area contributed by atoms with Crippen molar-refractivity contribution in [3.8, 4) is 44.5 Å². The summed E-state index contributed by atoms with van der Waals surface area (Å²) in [6.45, 7) is 0. The zero-order chi connectivity index (χ0) is 34.7. The lowest BCUT2D eigenvalue weighted by Gasteiger charge is -2.18. The first-order valence-electron chi connectivity index (χ1n) is 17.4. The van der Waals surface area contributed by atoms with Crippen LogP contribution in [0.4, 0.5) is 11.4 Å². The summed E-state index contributed by atoms with van der Waals surface area (Å²) in [4.78, 5) is 19.8. The summed E-state index contributed by atoms with van der Waals surface area (Å²) in [5.41, 5.74) is 16.1. The summed E-state index contributed by atoms with van der Waals surface area (Å²) in [5.74, 6) is 0. The number of hydrogen-bond donors (Lipinski definition) is 0. The van der Waals surface area contributed by atoms with Crippen LogP contribution < -0.4 is 0 Å². The van der Waals surface area contributed by atoms with Crippen LogP contribution in [-0.4, -0.2) is 21.4 Å². The van der Waals surface area contributed by atoms with E-state index in [0.717, 1.165) is 67.3 Å². The van der Waals surface area contributed by atoms with Crippen molar-refractivity contribution >= 4 is 22.8 Å². The molecule has 244 valence electrons. The van der Waals surface area contributed by atoms with Gasteiger partial charge in [-0.3, -0.25) is 9.97 Å². The van der Waals surface area contributed by atoms with E-state index in [9.17, 15) is 0 Å². The number of aromatic nitrogens is 2. The van der Waals surface area contributed by atoms with Gasteiger partial charge in [-0.15, -0.1) is 0 Å². The van der Waals surface area contributed by atoms with Crippen molar-refractivity contribution in [3.63, 3.8) is 0 Å². The van der Waals surface area contributed by atoms with Crippen LogP contribution in [0.1, 0.15) is 22.3 Å². The molecule has 0 unspecified atom stereocenters. The van der Waals surface area contributed by atoms with Gasteiger partial charge in [-0.2, -0.15) is 0 Å². The van der Waals surface area contributed by atoms with E-state index in [4.69, 9.17) is 9.98 Å². The SMILES string of the molecule is c1ccc(-c2cccc(-c3cccc(C4=Nc5ccncc5C(c5cccc(-c6cccc(-c7ccccc7)c6)c5)=Nc5ccncc54)c3)c2)cc1. The number of nitrogens with zero attached hydrogens (tertiary/aromatic N) is 4. The van der Waals surface area contributed by atoms with E-state index in [1.54, 1.807) is 12.4 Å². The molecule has 0 radical (unpaired) electrons. The maximum atomic E-state index is 5.37. The van der Waals surface area contributed by atoms with Crippen LogP contribution >= 0.6 is 0 Å². The number of pyridine rings is 2. The molecule has 0 saturated carbocycles. The van der Waals surface area contributed by atoms with E-state index in [-0.39, 0.29) is 0 Å². The third kappa shape index (κ3) is 6.14. The zero-order valence-electron chi connectivity index (χ0n) is 28.3. The van der Waals surface area contributed by atoms with Gasteiger partial charge >= 0.3 is 0 Å². The first-order chi connectivity index (χ1) is 25.8. The summed E-state index contributed by atoms with van der Waals surface area (Å²) in [6.07, 6.45) is 7.33. The molecule has 0 atom stereocenters. The van der Waals surface area contributed by atoms with Crippen molar-refractivity contribution in [1.82, 2.24) is 9.97 Å². The van der Waals surface area contributed by atoms with Crippen LogP contribution in [0, 0.1) is 0 Å². The lowest BCUT2D eigenvalue weighted by molar-refractivity contribution is 1.26. The van der Waals surface area contributed by atoms with Crippen molar-refractivity contribution < 1.29 is 0 Å². The predicted octanol–water partition coefficient (Wildman–Crippen LogP) is 11.8. The molecule has 6 aromatic carbocycles. The largest absolute Gasteiger partial charge is 0.264 e. The first kappa shape index (κ1) is 31.0. The van der Waals surface area contributed by atoms with Crippen molar-refractivity contribution in [2.24, 2.45) is 9.98 Å². The highest BCUT2D eigenvalue weighted by Crippen LogP contribution is 2.35. The average molecular weight is 665 g/mol. The summed E-state index contributed by atoms with van der Waals surface area (Å²) in [7, 11) is 0. The van der Waals surface area contributed by atoms with Gasteiger partial charge in [-0.1, -0.05) is 133 Å². The van der Waals surface area contributed by atoms with Crippen molar-refractivity contribution in [2.75, 3.05) is 0 Å². The number of rotatable bonds is 6. The summed E-state index contributed by atoms with van der Waals surface area (Å²) in [5, 5.41) is 0. The van der Waals surface area contributed by atoms with Crippen LogP contribution in [0.5, 0.6) is 0 Å². The second-order valence-corrected chi connectivity index (χ2v) is 12.8. The minimum absolute atomic E-state index is 0.797. The van der Waals surface area contributed by atoms with E-state index < -0.39 is 0 Å². The third-order valence-electron chi connectivity index (χ3n) is 9.45. The molecule has 0 N–H and O–H groups in total. The molecule has 0 spiro atoms. The van der Waals surface area contributed by atoms with Gasteiger partial charge in [-0.25, -0.2) is 9.98 Å². The van der Waals surface area contributed by atoms with Crippen LogP contribution in [0.3, 0.4) is 0 Å². The maximum absolute atomic E-state index is 5.37. The van der Waals surface area contributed by atoms with Gasteiger partial charge in [0.1, 0.15) is 0 Å². The Kier molecular flexibility index (Phi) is 8.16. The fourth-order valence-corrected chi connectivity index (χ4v) is 6.85. The molecule has 8 aromatic rings. The second kappa shape index (κ2) is 13.7. The molecule has 0 aliphatic carbocycles. The molecule has 1 aliphatic heterocycles. The van der Waals surface area contributed by atoms with Gasteiger partial charge < -0.3 is 0 Å². The Morgan fingerprint density at radius 3 is 0.962 bits per heavy atom. The molecular weight excluding hydrogens is 633 g/mol. The molecule has 0 amide bonds. The normalized spacial score (nSPS) is 12.1. The highest BCUT2D eigenvalue weighted by Gasteiger charge is 2.21. The molecule has 1 aliphatic rings. The number of fused-ring (bicyclic) bond motifs is 2. The van der Waals surface area contributed by atoms with E-state index in [0.29, 0.717) is 0 Å². The number of benzene rings is 6. The van der Waals surface area contributed by atoms with Crippen molar-refractivity contribution in [2.45, 2.75) is 0 Å². The monoisotopic (exact) mass is 664 g/mol. The standard InChI is InChI=1S/C48H32N4/c1-3-11-33(12-4-1)35-15-7-17-37(27-35)39-19-9-21-41(29-39)47-43-31-49-25-23-45(43)52-48(44-32-50-26-24-46(44)51-47)42-22-10-20-40(30-42)38-18-8-16-36(28-38)34-13-5-2-6-14-34/h1-32H. The molecule has 2 aromatic heterocycles.